The molecule has 0 bridgehead atoms. The third-order valence-electron chi connectivity index (χ3n) is 4.39. The fourth-order valence-electron chi connectivity index (χ4n) is 3.12. The topological polar surface area (TPSA) is 49.4 Å². The highest BCUT2D eigenvalue weighted by Gasteiger charge is 2.34. The zero-order valence-corrected chi connectivity index (χ0v) is 16.6. The van der Waals surface area contributed by atoms with E-state index in [2.05, 4.69) is 11.6 Å². The molecule has 0 aromatic heterocycles. The highest BCUT2D eigenvalue weighted by molar-refractivity contribution is 7.98. The second-order valence-corrected chi connectivity index (χ2v) is 9.31. The summed E-state index contributed by atoms with van der Waals surface area (Å²) >= 11 is 7.91. The first-order chi connectivity index (χ1) is 12.0. The van der Waals surface area contributed by atoms with E-state index < -0.39 is 10.0 Å². The third kappa shape index (κ3) is 3.53. The minimum atomic E-state index is -3.66. The maximum absolute atomic E-state index is 13.1. The van der Waals surface area contributed by atoms with Crippen molar-refractivity contribution in [2.24, 2.45) is 0 Å². The van der Waals surface area contributed by atoms with Crippen molar-refractivity contribution >= 4 is 39.1 Å². The van der Waals surface area contributed by atoms with E-state index in [-0.39, 0.29) is 10.9 Å². The Morgan fingerprint density at radius 2 is 1.96 bits per heavy atom. The van der Waals surface area contributed by atoms with Crippen LogP contribution in [0.2, 0.25) is 5.02 Å². The summed E-state index contributed by atoms with van der Waals surface area (Å²) in [6.45, 7) is 0.811. The Kier molecular flexibility index (Phi) is 5.63. The fraction of sp³-hybridized carbons (Fsp3) is 0.333. The summed E-state index contributed by atoms with van der Waals surface area (Å²) in [5.74, 6) is 1.06. The highest BCUT2D eigenvalue weighted by atomic mass is 35.5. The summed E-state index contributed by atoms with van der Waals surface area (Å²) in [5.41, 5.74) is 2.39. The number of nitrogens with one attached hydrogen (secondary N) is 1. The van der Waals surface area contributed by atoms with Gasteiger partial charge in [-0.05, 0) is 54.3 Å². The van der Waals surface area contributed by atoms with Crippen LogP contribution >= 0.6 is 23.4 Å². The maximum atomic E-state index is 13.1. The quantitative estimate of drug-likeness (QED) is 0.778. The molecular weight excluding hydrogens is 376 g/mol. The SMILES string of the molecule is CSCCCNC1c2ccccc2N(C)S(=O)(=O)c2cc(Cl)ccc21. The van der Waals surface area contributed by atoms with Crippen LogP contribution in [0.25, 0.3) is 0 Å². The van der Waals surface area contributed by atoms with E-state index in [1.807, 2.05) is 30.3 Å². The minimum Gasteiger partial charge on any atom is -0.306 e. The van der Waals surface area contributed by atoms with Crippen LogP contribution in [0.1, 0.15) is 23.6 Å². The van der Waals surface area contributed by atoms with Crippen molar-refractivity contribution in [3.63, 3.8) is 0 Å². The number of fused-ring (bicyclic) bond motifs is 2. The minimum absolute atomic E-state index is 0.190. The van der Waals surface area contributed by atoms with Crippen LogP contribution in [0.3, 0.4) is 0 Å². The van der Waals surface area contributed by atoms with Crippen molar-refractivity contribution in [1.82, 2.24) is 5.32 Å². The van der Waals surface area contributed by atoms with Crippen LogP contribution in [0.15, 0.2) is 47.4 Å². The van der Waals surface area contributed by atoms with Crippen LogP contribution in [0.5, 0.6) is 0 Å². The van der Waals surface area contributed by atoms with Gasteiger partial charge in [0.1, 0.15) is 0 Å². The molecule has 0 radical (unpaired) electrons. The van der Waals surface area contributed by atoms with Crippen molar-refractivity contribution in [3.8, 4) is 0 Å². The molecule has 0 aliphatic carbocycles. The van der Waals surface area contributed by atoms with Gasteiger partial charge >= 0.3 is 0 Å². The Morgan fingerprint density at radius 3 is 2.72 bits per heavy atom. The van der Waals surface area contributed by atoms with E-state index in [0.29, 0.717) is 10.7 Å². The Hall–Kier alpha value is -1.21. The van der Waals surface area contributed by atoms with Gasteiger partial charge in [-0.25, -0.2) is 8.42 Å². The molecule has 1 aliphatic rings. The molecule has 4 nitrogen and oxygen atoms in total. The normalized spacial score (nSPS) is 18.4. The summed E-state index contributed by atoms with van der Waals surface area (Å²) < 4.78 is 27.5. The molecule has 1 N–H and O–H groups in total. The summed E-state index contributed by atoms with van der Waals surface area (Å²) in [5, 5.41) is 3.96. The van der Waals surface area contributed by atoms with Gasteiger partial charge in [-0.3, -0.25) is 4.31 Å². The molecule has 3 rings (SSSR count). The number of rotatable bonds is 5. The number of anilines is 1. The number of sulfonamides is 1. The first kappa shape index (κ1) is 18.6. The predicted octanol–water partition coefficient (Wildman–Crippen LogP) is 3.91. The number of hydrogen-bond acceptors (Lipinski definition) is 4. The average Bonchev–Trinajstić information content (AvgIpc) is 2.67. The molecule has 0 spiro atoms. The van der Waals surface area contributed by atoms with Crippen molar-refractivity contribution in [2.45, 2.75) is 17.4 Å². The first-order valence-corrected chi connectivity index (χ1v) is 11.3. The number of para-hydroxylation sites is 1. The Morgan fingerprint density at radius 1 is 1.20 bits per heavy atom. The largest absolute Gasteiger partial charge is 0.306 e. The molecule has 0 saturated heterocycles. The van der Waals surface area contributed by atoms with E-state index in [1.54, 1.807) is 30.9 Å². The van der Waals surface area contributed by atoms with Gasteiger partial charge in [-0.1, -0.05) is 35.9 Å². The smallest absolute Gasteiger partial charge is 0.264 e. The van der Waals surface area contributed by atoms with Crippen molar-refractivity contribution in [3.05, 3.63) is 58.6 Å². The zero-order valence-electron chi connectivity index (χ0n) is 14.2. The van der Waals surface area contributed by atoms with Crippen LogP contribution in [0, 0.1) is 0 Å². The van der Waals surface area contributed by atoms with Gasteiger partial charge in [0.15, 0.2) is 0 Å². The summed E-state index contributed by atoms with van der Waals surface area (Å²) in [6.07, 6.45) is 3.10. The number of halogens is 1. The molecule has 134 valence electrons. The van der Waals surface area contributed by atoms with Gasteiger partial charge in [0.2, 0.25) is 0 Å². The molecule has 25 heavy (non-hydrogen) atoms. The first-order valence-electron chi connectivity index (χ1n) is 8.06. The van der Waals surface area contributed by atoms with Crippen molar-refractivity contribution < 1.29 is 8.42 Å². The molecule has 2 aromatic carbocycles. The lowest BCUT2D eigenvalue weighted by Gasteiger charge is -2.22. The van der Waals surface area contributed by atoms with Gasteiger partial charge in [-0.15, -0.1) is 0 Å². The molecular formula is C18H21ClN2O2S2. The maximum Gasteiger partial charge on any atom is 0.264 e. The lowest BCUT2D eigenvalue weighted by Crippen LogP contribution is -2.26. The molecule has 7 heteroatoms. The van der Waals surface area contributed by atoms with E-state index in [0.717, 1.165) is 29.8 Å². The van der Waals surface area contributed by atoms with Crippen LogP contribution < -0.4 is 9.62 Å². The third-order valence-corrected chi connectivity index (χ3v) is 7.14. The average molecular weight is 397 g/mol. The number of benzene rings is 2. The Bertz CT molecular complexity index is 871. The van der Waals surface area contributed by atoms with E-state index in [9.17, 15) is 8.42 Å². The highest BCUT2D eigenvalue weighted by Crippen LogP contribution is 2.40. The second kappa shape index (κ2) is 7.58. The number of nitrogens with zero attached hydrogens (tertiary/aromatic N) is 1. The van der Waals surface area contributed by atoms with Crippen LogP contribution in [-0.4, -0.2) is 34.0 Å². The van der Waals surface area contributed by atoms with E-state index in [1.165, 1.54) is 4.31 Å². The predicted molar refractivity (Wildman–Crippen MR) is 106 cm³/mol. The van der Waals surface area contributed by atoms with Crippen molar-refractivity contribution in [2.75, 3.05) is 29.9 Å². The summed E-state index contributed by atoms with van der Waals surface area (Å²) in [6, 6.07) is 12.6. The summed E-state index contributed by atoms with van der Waals surface area (Å²) in [4.78, 5) is 0.265. The van der Waals surface area contributed by atoms with E-state index >= 15 is 0 Å². The van der Waals surface area contributed by atoms with Gasteiger partial charge in [0, 0.05) is 12.1 Å². The second-order valence-electron chi connectivity index (χ2n) is 5.95. The molecule has 0 amide bonds. The molecule has 1 aliphatic heterocycles. The van der Waals surface area contributed by atoms with Gasteiger partial charge in [0.25, 0.3) is 10.0 Å². The molecule has 0 saturated carbocycles. The lowest BCUT2D eigenvalue weighted by molar-refractivity contribution is 0.583. The number of thioether (sulfide) groups is 1. The molecule has 1 atom stereocenters. The molecule has 0 fully saturated rings. The lowest BCUT2D eigenvalue weighted by atomic mass is 9.97. The number of hydrogen-bond donors (Lipinski definition) is 1. The molecule has 1 heterocycles. The Labute approximate surface area is 158 Å². The van der Waals surface area contributed by atoms with Gasteiger partial charge in [0.05, 0.1) is 16.6 Å². The van der Waals surface area contributed by atoms with Crippen LogP contribution in [0.4, 0.5) is 5.69 Å². The van der Waals surface area contributed by atoms with Crippen LogP contribution in [-0.2, 0) is 10.0 Å². The fourth-order valence-corrected chi connectivity index (χ4v) is 5.27. The monoisotopic (exact) mass is 396 g/mol. The van der Waals surface area contributed by atoms with Gasteiger partial charge in [-0.2, -0.15) is 11.8 Å². The standard InChI is InChI=1S/C18H21ClN2O2S2/c1-21-16-7-4-3-6-14(16)18(20-10-5-11-24-2)15-9-8-13(19)12-17(15)25(21,22)23/h3-4,6-9,12,18,20H,5,10-11H2,1-2H3. The van der Waals surface area contributed by atoms with E-state index in [4.69, 9.17) is 11.6 Å². The zero-order chi connectivity index (χ0) is 18.0. The Balaban J connectivity index is 2.15. The van der Waals surface area contributed by atoms with Gasteiger partial charge < -0.3 is 5.32 Å². The summed E-state index contributed by atoms with van der Waals surface area (Å²) in [7, 11) is -2.06. The van der Waals surface area contributed by atoms with Crippen molar-refractivity contribution in [1.29, 1.82) is 0 Å². The molecule has 2 aromatic rings. The molecule has 1 unspecified atom stereocenters.